The van der Waals surface area contributed by atoms with Crippen molar-refractivity contribution in [2.75, 3.05) is 14.1 Å². The first-order valence-corrected chi connectivity index (χ1v) is 8.47. The first-order valence-electron chi connectivity index (χ1n) is 8.47. The lowest BCUT2D eigenvalue weighted by molar-refractivity contribution is -0.129. The summed E-state index contributed by atoms with van der Waals surface area (Å²) in [6.45, 7) is 16.4. The van der Waals surface area contributed by atoms with E-state index in [4.69, 9.17) is 0 Å². The summed E-state index contributed by atoms with van der Waals surface area (Å²) in [4.78, 5) is 21.6. The lowest BCUT2D eigenvalue weighted by Crippen LogP contribution is -2.33. The van der Waals surface area contributed by atoms with E-state index in [9.17, 15) is 9.59 Å². The van der Waals surface area contributed by atoms with Crippen molar-refractivity contribution in [2.45, 2.75) is 74.7 Å². The molecule has 0 aliphatic rings. The van der Waals surface area contributed by atoms with E-state index in [0.717, 1.165) is 18.8 Å². The summed E-state index contributed by atoms with van der Waals surface area (Å²) in [6, 6.07) is 0. The van der Waals surface area contributed by atoms with Crippen LogP contribution >= 0.6 is 0 Å². The van der Waals surface area contributed by atoms with E-state index < -0.39 is 0 Å². The monoisotopic (exact) mass is 316 g/mol. The van der Waals surface area contributed by atoms with Crippen LogP contribution in [-0.2, 0) is 9.59 Å². The number of carbonyl (C=O) groups excluding carboxylic acids is 2. The molecule has 22 heavy (non-hydrogen) atoms. The molecule has 2 amide bonds. The third kappa shape index (κ3) is 15.3. The Morgan fingerprint density at radius 1 is 0.909 bits per heavy atom. The minimum atomic E-state index is -0.200. The Morgan fingerprint density at radius 3 is 1.41 bits per heavy atom. The zero-order chi connectivity index (χ0) is 18.3. The molecule has 4 heteroatoms. The van der Waals surface area contributed by atoms with Gasteiger partial charge in [-0.2, -0.15) is 0 Å². The number of carbonyl (C=O) groups is 2. The Balaban J connectivity index is -0.000000257. The average molecular weight is 317 g/mol. The van der Waals surface area contributed by atoms with Crippen LogP contribution in [0.25, 0.3) is 0 Å². The summed E-state index contributed by atoms with van der Waals surface area (Å²) in [5, 5.41) is 5.19. The summed E-state index contributed by atoms with van der Waals surface area (Å²) in [6.07, 6.45) is 3.10. The highest BCUT2D eigenvalue weighted by molar-refractivity contribution is 5.81. The van der Waals surface area contributed by atoms with Gasteiger partial charge in [0.15, 0.2) is 0 Å². The molecule has 0 aromatic heterocycles. The summed E-state index contributed by atoms with van der Waals surface area (Å²) in [5.41, 5.74) is -0.200. The van der Waals surface area contributed by atoms with E-state index in [1.807, 2.05) is 34.6 Å². The van der Waals surface area contributed by atoms with E-state index in [2.05, 4.69) is 31.4 Å². The lowest BCUT2D eigenvalue weighted by atomic mass is 9.89. The van der Waals surface area contributed by atoms with Crippen LogP contribution in [0.1, 0.15) is 74.7 Å². The number of hydrogen-bond acceptors (Lipinski definition) is 2. The molecule has 0 radical (unpaired) electrons. The van der Waals surface area contributed by atoms with Crippen LogP contribution in [0.2, 0.25) is 0 Å². The fraction of sp³-hybridized carbons (Fsp3) is 0.889. The average Bonchev–Trinajstić information content (AvgIpc) is 2.53. The van der Waals surface area contributed by atoms with Crippen molar-refractivity contribution in [2.24, 2.45) is 17.3 Å². The predicted octanol–water partition coefficient (Wildman–Crippen LogP) is 4.00. The minimum Gasteiger partial charge on any atom is -0.359 e. The van der Waals surface area contributed by atoms with Gasteiger partial charge in [-0.25, -0.2) is 0 Å². The third-order valence-electron chi connectivity index (χ3n) is 3.85. The molecule has 0 bridgehead atoms. The third-order valence-corrected chi connectivity index (χ3v) is 3.85. The van der Waals surface area contributed by atoms with Crippen LogP contribution in [0.15, 0.2) is 0 Å². The number of hydrogen-bond donors (Lipinski definition) is 2. The smallest absolute Gasteiger partial charge is 0.225 e. The Hall–Kier alpha value is -1.06. The molecule has 4 nitrogen and oxygen atoms in total. The highest BCUT2D eigenvalue weighted by Gasteiger charge is 2.23. The summed E-state index contributed by atoms with van der Waals surface area (Å²) < 4.78 is 0. The fourth-order valence-corrected chi connectivity index (χ4v) is 0.931. The second-order valence-corrected chi connectivity index (χ2v) is 6.54. The number of rotatable bonds is 5. The molecule has 0 spiro atoms. The van der Waals surface area contributed by atoms with Crippen molar-refractivity contribution in [3.05, 3.63) is 0 Å². The molecule has 0 rings (SSSR count). The van der Waals surface area contributed by atoms with Crippen LogP contribution in [0.4, 0.5) is 0 Å². The molecule has 0 aromatic carbocycles. The van der Waals surface area contributed by atoms with E-state index in [1.165, 1.54) is 6.42 Å². The quantitative estimate of drug-likeness (QED) is 0.805. The second-order valence-electron chi connectivity index (χ2n) is 6.54. The Morgan fingerprint density at radius 2 is 1.32 bits per heavy atom. The molecule has 2 N–H and O–H groups in total. The first-order chi connectivity index (χ1) is 10.0. The summed E-state index contributed by atoms with van der Waals surface area (Å²) in [7, 11) is 3.33. The van der Waals surface area contributed by atoms with Gasteiger partial charge >= 0.3 is 0 Å². The van der Waals surface area contributed by atoms with Crippen molar-refractivity contribution in [3.63, 3.8) is 0 Å². The van der Waals surface area contributed by atoms with Crippen LogP contribution in [-0.4, -0.2) is 25.9 Å². The van der Waals surface area contributed by atoms with Gasteiger partial charge in [-0.05, 0) is 18.8 Å². The predicted molar refractivity (Wildman–Crippen MR) is 96.8 cm³/mol. The Kier molecular flexibility index (Phi) is 17.5. The van der Waals surface area contributed by atoms with Crippen molar-refractivity contribution < 1.29 is 9.59 Å². The molecule has 1 atom stereocenters. The van der Waals surface area contributed by atoms with E-state index >= 15 is 0 Å². The standard InChI is InChI=1S/C7H15NO.C6H13NO.C5H12/c1-5-7(2,3)6(9)8-4;1-4-5(2)6(8)7-3;1-4-5(2)3/h5H2,1-4H3,(H,8,9);5H,4H2,1-3H3,(H,7,8);5H,4H2,1-3H3. The molecule has 0 fully saturated rings. The maximum atomic E-state index is 11.0. The first kappa shape index (κ1) is 25.9. The van der Waals surface area contributed by atoms with Crippen LogP contribution in [0, 0.1) is 17.3 Å². The minimum absolute atomic E-state index is 0.116. The van der Waals surface area contributed by atoms with Crippen molar-refractivity contribution in [3.8, 4) is 0 Å². The van der Waals surface area contributed by atoms with Gasteiger partial charge in [0.2, 0.25) is 11.8 Å². The van der Waals surface area contributed by atoms with Gasteiger partial charge in [0, 0.05) is 25.4 Å². The molecule has 0 aliphatic heterocycles. The molecule has 0 saturated carbocycles. The molecule has 134 valence electrons. The molecule has 0 heterocycles. The highest BCUT2D eigenvalue weighted by atomic mass is 16.2. The summed E-state index contributed by atoms with van der Waals surface area (Å²) >= 11 is 0. The largest absolute Gasteiger partial charge is 0.359 e. The molecular weight excluding hydrogens is 276 g/mol. The second kappa shape index (κ2) is 14.9. The highest BCUT2D eigenvalue weighted by Crippen LogP contribution is 2.18. The van der Waals surface area contributed by atoms with Gasteiger partial charge in [0.1, 0.15) is 0 Å². The lowest BCUT2D eigenvalue weighted by Gasteiger charge is -2.19. The van der Waals surface area contributed by atoms with Gasteiger partial charge in [-0.1, -0.05) is 61.8 Å². The zero-order valence-electron chi connectivity index (χ0n) is 16.6. The Bertz CT molecular complexity index is 287. The topological polar surface area (TPSA) is 58.2 Å². The normalized spacial score (nSPS) is 11.4. The van der Waals surface area contributed by atoms with Crippen LogP contribution in [0.3, 0.4) is 0 Å². The number of amides is 2. The van der Waals surface area contributed by atoms with Crippen molar-refractivity contribution in [1.29, 1.82) is 0 Å². The van der Waals surface area contributed by atoms with Gasteiger partial charge < -0.3 is 10.6 Å². The summed E-state index contributed by atoms with van der Waals surface area (Å²) in [5.74, 6) is 1.30. The molecule has 0 aliphatic carbocycles. The van der Waals surface area contributed by atoms with Gasteiger partial charge in [-0.3, -0.25) is 9.59 Å². The molecular formula is C18H40N2O2. The fourth-order valence-electron chi connectivity index (χ4n) is 0.931. The number of nitrogens with one attached hydrogen (secondary N) is 2. The maximum absolute atomic E-state index is 11.0. The van der Waals surface area contributed by atoms with Crippen LogP contribution < -0.4 is 10.6 Å². The van der Waals surface area contributed by atoms with E-state index in [0.29, 0.717) is 0 Å². The maximum Gasteiger partial charge on any atom is 0.225 e. The van der Waals surface area contributed by atoms with Gasteiger partial charge in [0.25, 0.3) is 0 Å². The van der Waals surface area contributed by atoms with E-state index in [1.54, 1.807) is 14.1 Å². The van der Waals surface area contributed by atoms with Crippen molar-refractivity contribution in [1.82, 2.24) is 10.6 Å². The molecule has 0 saturated heterocycles. The van der Waals surface area contributed by atoms with E-state index in [-0.39, 0.29) is 23.1 Å². The van der Waals surface area contributed by atoms with Gasteiger partial charge in [-0.15, -0.1) is 0 Å². The van der Waals surface area contributed by atoms with Crippen LogP contribution in [0.5, 0.6) is 0 Å². The molecule has 1 unspecified atom stereocenters. The Labute approximate surface area is 138 Å². The van der Waals surface area contributed by atoms with Gasteiger partial charge in [0.05, 0.1) is 0 Å². The molecule has 0 aromatic rings. The van der Waals surface area contributed by atoms with Crippen molar-refractivity contribution >= 4 is 11.8 Å². The zero-order valence-corrected chi connectivity index (χ0v) is 16.6. The SMILES string of the molecule is CCC(C)(C)C(=O)NC.CCC(C)C.CCC(C)C(=O)NC.